The van der Waals surface area contributed by atoms with Crippen LogP contribution in [0.4, 0.5) is 0 Å². The second-order valence-corrected chi connectivity index (χ2v) is 5.73. The van der Waals surface area contributed by atoms with Crippen molar-refractivity contribution in [1.82, 2.24) is 10.1 Å². The summed E-state index contributed by atoms with van der Waals surface area (Å²) >= 11 is 11.9. The van der Waals surface area contributed by atoms with E-state index in [0.717, 1.165) is 19.3 Å². The zero-order valence-electron chi connectivity index (χ0n) is 10.6. The molecule has 0 atom stereocenters. The Morgan fingerprint density at radius 2 is 2.15 bits per heavy atom. The van der Waals surface area contributed by atoms with Gasteiger partial charge in [0.25, 0.3) is 5.89 Å². The average molecular weight is 314 g/mol. The average Bonchev–Trinajstić information content (AvgIpc) is 2.86. The molecule has 1 saturated carbocycles. The van der Waals surface area contributed by atoms with Gasteiger partial charge >= 0.3 is 0 Å². The molecule has 2 aromatic rings. The van der Waals surface area contributed by atoms with Crippen LogP contribution >= 0.6 is 23.2 Å². The molecule has 1 aliphatic carbocycles. The summed E-state index contributed by atoms with van der Waals surface area (Å²) in [6, 6.07) is 5.00. The third-order valence-electron chi connectivity index (χ3n) is 3.40. The first-order valence-electron chi connectivity index (χ1n) is 6.27. The van der Waals surface area contributed by atoms with E-state index in [0.29, 0.717) is 27.5 Å². The van der Waals surface area contributed by atoms with E-state index >= 15 is 0 Å². The zero-order valence-corrected chi connectivity index (χ0v) is 12.1. The van der Waals surface area contributed by atoms with Crippen LogP contribution in [-0.4, -0.2) is 10.1 Å². The summed E-state index contributed by atoms with van der Waals surface area (Å²) < 4.78 is 10.7. The molecule has 0 spiro atoms. The monoisotopic (exact) mass is 313 g/mol. The van der Waals surface area contributed by atoms with Crippen LogP contribution in [0.15, 0.2) is 22.7 Å². The van der Waals surface area contributed by atoms with Gasteiger partial charge in [0.1, 0.15) is 5.75 Å². The van der Waals surface area contributed by atoms with E-state index in [1.165, 1.54) is 0 Å². The van der Waals surface area contributed by atoms with Crippen molar-refractivity contribution >= 4 is 23.2 Å². The molecule has 3 rings (SSSR count). The van der Waals surface area contributed by atoms with E-state index < -0.39 is 5.54 Å². The Hall–Kier alpha value is -1.30. The number of nitrogens with zero attached hydrogens (tertiary/aromatic N) is 2. The molecule has 20 heavy (non-hydrogen) atoms. The number of rotatable bonds is 4. The van der Waals surface area contributed by atoms with Crippen molar-refractivity contribution in [3.8, 4) is 5.75 Å². The van der Waals surface area contributed by atoms with Gasteiger partial charge in [0.2, 0.25) is 0 Å². The maximum Gasteiger partial charge on any atom is 0.264 e. The van der Waals surface area contributed by atoms with Crippen LogP contribution in [-0.2, 0) is 12.1 Å². The Bertz CT molecular complexity index is 626. The molecule has 5 nitrogen and oxygen atoms in total. The van der Waals surface area contributed by atoms with Gasteiger partial charge in [-0.2, -0.15) is 4.98 Å². The predicted octanol–water partition coefficient (Wildman–Crippen LogP) is 3.29. The highest BCUT2D eigenvalue weighted by Crippen LogP contribution is 2.37. The number of nitrogens with two attached hydrogens (primary N) is 1. The quantitative estimate of drug-likeness (QED) is 0.937. The van der Waals surface area contributed by atoms with Gasteiger partial charge in [-0.05, 0) is 31.4 Å². The molecule has 0 amide bonds. The summed E-state index contributed by atoms with van der Waals surface area (Å²) in [7, 11) is 0. The lowest BCUT2D eigenvalue weighted by atomic mass is 9.77. The summed E-state index contributed by atoms with van der Waals surface area (Å²) in [5.41, 5.74) is 5.69. The van der Waals surface area contributed by atoms with Crippen LogP contribution in [0, 0.1) is 0 Å². The van der Waals surface area contributed by atoms with Crippen LogP contribution in [0.1, 0.15) is 31.0 Å². The molecule has 106 valence electrons. The lowest BCUT2D eigenvalue weighted by molar-refractivity contribution is 0.223. The fourth-order valence-corrected chi connectivity index (χ4v) is 2.36. The van der Waals surface area contributed by atoms with E-state index in [4.69, 9.17) is 38.2 Å². The summed E-state index contributed by atoms with van der Waals surface area (Å²) in [4.78, 5) is 4.27. The standard InChI is InChI=1S/C13H13Cl2N3O2/c14-8-2-3-9(15)10(6-8)19-7-11-17-12(18-20-11)13(16)4-1-5-13/h2-3,6H,1,4-5,7,16H2. The van der Waals surface area contributed by atoms with Crippen molar-refractivity contribution in [2.45, 2.75) is 31.4 Å². The lowest BCUT2D eigenvalue weighted by Gasteiger charge is -2.34. The Kier molecular flexibility index (Phi) is 3.58. The highest BCUT2D eigenvalue weighted by molar-refractivity contribution is 6.34. The van der Waals surface area contributed by atoms with Gasteiger partial charge < -0.3 is 15.0 Å². The largest absolute Gasteiger partial charge is 0.482 e. The van der Waals surface area contributed by atoms with Crippen molar-refractivity contribution in [3.05, 3.63) is 40.0 Å². The predicted molar refractivity (Wildman–Crippen MR) is 74.8 cm³/mol. The second-order valence-electron chi connectivity index (χ2n) is 4.88. The molecular formula is C13H13Cl2N3O2. The zero-order chi connectivity index (χ0) is 14.2. The van der Waals surface area contributed by atoms with Gasteiger partial charge in [-0.1, -0.05) is 28.4 Å². The van der Waals surface area contributed by atoms with Crippen molar-refractivity contribution in [3.63, 3.8) is 0 Å². The minimum Gasteiger partial charge on any atom is -0.482 e. The minimum absolute atomic E-state index is 0.128. The molecule has 1 aromatic heterocycles. The summed E-state index contributed by atoms with van der Waals surface area (Å²) in [5, 5.41) is 4.93. The normalized spacial score (nSPS) is 16.8. The van der Waals surface area contributed by atoms with Crippen LogP contribution < -0.4 is 10.5 Å². The van der Waals surface area contributed by atoms with E-state index in [-0.39, 0.29) is 6.61 Å². The maximum atomic E-state index is 6.12. The fraction of sp³-hybridized carbons (Fsp3) is 0.385. The SMILES string of the molecule is NC1(c2noc(COc3cc(Cl)ccc3Cl)n2)CCC1. The molecule has 0 aliphatic heterocycles. The molecule has 7 heteroatoms. The number of ether oxygens (including phenoxy) is 1. The van der Waals surface area contributed by atoms with E-state index in [1.807, 2.05) is 0 Å². The van der Waals surface area contributed by atoms with Gasteiger partial charge in [-0.15, -0.1) is 0 Å². The van der Waals surface area contributed by atoms with Gasteiger partial charge in [0.15, 0.2) is 12.4 Å². The molecule has 0 bridgehead atoms. The number of hydrogen-bond acceptors (Lipinski definition) is 5. The number of benzene rings is 1. The third-order valence-corrected chi connectivity index (χ3v) is 3.95. The van der Waals surface area contributed by atoms with Crippen LogP contribution in [0.2, 0.25) is 10.0 Å². The number of halogens is 2. The topological polar surface area (TPSA) is 74.2 Å². The van der Waals surface area contributed by atoms with E-state index in [2.05, 4.69) is 10.1 Å². The highest BCUT2D eigenvalue weighted by atomic mass is 35.5. The van der Waals surface area contributed by atoms with Gasteiger partial charge in [-0.25, -0.2) is 0 Å². The third kappa shape index (κ3) is 2.61. The smallest absolute Gasteiger partial charge is 0.264 e. The van der Waals surface area contributed by atoms with E-state index in [1.54, 1.807) is 18.2 Å². The lowest BCUT2D eigenvalue weighted by Crippen LogP contribution is -2.44. The molecular weight excluding hydrogens is 301 g/mol. The Morgan fingerprint density at radius 3 is 2.85 bits per heavy atom. The van der Waals surface area contributed by atoms with Gasteiger partial charge in [0, 0.05) is 11.1 Å². The van der Waals surface area contributed by atoms with Crippen LogP contribution in [0.25, 0.3) is 0 Å². The number of aromatic nitrogens is 2. The van der Waals surface area contributed by atoms with E-state index in [9.17, 15) is 0 Å². The number of hydrogen-bond donors (Lipinski definition) is 1. The first-order valence-corrected chi connectivity index (χ1v) is 7.02. The Morgan fingerprint density at radius 1 is 1.35 bits per heavy atom. The fourth-order valence-electron chi connectivity index (χ4n) is 2.02. The molecule has 1 aromatic carbocycles. The molecule has 1 aliphatic rings. The van der Waals surface area contributed by atoms with Gasteiger partial charge in [-0.3, -0.25) is 0 Å². The molecule has 2 N–H and O–H groups in total. The van der Waals surface area contributed by atoms with Crippen molar-refractivity contribution in [1.29, 1.82) is 0 Å². The van der Waals surface area contributed by atoms with Crippen LogP contribution in [0.5, 0.6) is 5.75 Å². The van der Waals surface area contributed by atoms with Crippen molar-refractivity contribution in [2.75, 3.05) is 0 Å². The molecule has 0 saturated heterocycles. The second kappa shape index (κ2) is 5.24. The molecule has 0 unspecified atom stereocenters. The maximum absolute atomic E-state index is 6.12. The van der Waals surface area contributed by atoms with Gasteiger partial charge in [0.05, 0.1) is 10.6 Å². The highest BCUT2D eigenvalue weighted by Gasteiger charge is 2.38. The van der Waals surface area contributed by atoms with Crippen molar-refractivity contribution in [2.24, 2.45) is 5.73 Å². The summed E-state index contributed by atoms with van der Waals surface area (Å²) in [6.45, 7) is 0.128. The summed E-state index contributed by atoms with van der Waals surface area (Å²) in [5.74, 6) is 1.39. The first kappa shape index (κ1) is 13.7. The Labute approximate surface area is 126 Å². The Balaban J connectivity index is 1.68. The summed E-state index contributed by atoms with van der Waals surface area (Å²) in [6.07, 6.45) is 2.86. The minimum atomic E-state index is -0.435. The molecule has 1 heterocycles. The molecule has 0 radical (unpaired) electrons. The van der Waals surface area contributed by atoms with Crippen molar-refractivity contribution < 1.29 is 9.26 Å². The molecule has 1 fully saturated rings. The van der Waals surface area contributed by atoms with Crippen LogP contribution in [0.3, 0.4) is 0 Å². The first-order chi connectivity index (χ1) is 9.57.